The van der Waals surface area contributed by atoms with E-state index < -0.39 is 0 Å². The normalized spacial score (nSPS) is 35.1. The largest absolute Gasteiger partial charge is 0.373 e. The summed E-state index contributed by atoms with van der Waals surface area (Å²) in [6.07, 6.45) is 7.74. The Morgan fingerprint density at radius 3 is 2.59 bits per heavy atom. The van der Waals surface area contributed by atoms with Crippen LogP contribution in [0.5, 0.6) is 0 Å². The standard InChI is InChI=1S/C14H16O3/c1-2-12-9(5-10-7-16-10)3-4-14(15)13(12)6-11-8-17-11/h2-4,10-11,13H,1,5-8H2. The van der Waals surface area contributed by atoms with Crippen LogP contribution in [0.1, 0.15) is 12.8 Å². The smallest absolute Gasteiger partial charge is 0.163 e. The van der Waals surface area contributed by atoms with Crippen LogP contribution in [0.4, 0.5) is 0 Å². The second-order valence-corrected chi connectivity index (χ2v) is 4.82. The van der Waals surface area contributed by atoms with E-state index in [1.54, 1.807) is 6.08 Å². The Balaban J connectivity index is 1.82. The molecule has 0 amide bonds. The second kappa shape index (κ2) is 4.24. The van der Waals surface area contributed by atoms with Gasteiger partial charge in [-0.25, -0.2) is 0 Å². The molecule has 0 aromatic heterocycles. The molecule has 0 spiro atoms. The summed E-state index contributed by atoms with van der Waals surface area (Å²) in [5, 5.41) is 0. The molecular formula is C14H16O3. The molecule has 0 N–H and O–H groups in total. The number of epoxide rings is 2. The lowest BCUT2D eigenvalue weighted by Crippen LogP contribution is -2.21. The van der Waals surface area contributed by atoms with Crippen molar-refractivity contribution in [3.8, 4) is 0 Å². The highest BCUT2D eigenvalue weighted by Gasteiger charge is 2.34. The number of rotatable bonds is 5. The maximum absolute atomic E-state index is 11.9. The van der Waals surface area contributed by atoms with E-state index in [4.69, 9.17) is 9.47 Å². The summed E-state index contributed by atoms with van der Waals surface area (Å²) >= 11 is 0. The number of ketones is 1. The molecule has 3 heteroatoms. The molecule has 0 saturated carbocycles. The van der Waals surface area contributed by atoms with Gasteiger partial charge in [0.1, 0.15) is 0 Å². The first kappa shape index (κ1) is 10.9. The van der Waals surface area contributed by atoms with Gasteiger partial charge < -0.3 is 9.47 Å². The molecule has 2 heterocycles. The SMILES string of the molecule is C=CC1=C(CC2CO2)C=CC(=O)C1CC1CO1. The summed E-state index contributed by atoms with van der Waals surface area (Å²) in [6, 6.07) is 0. The maximum Gasteiger partial charge on any atom is 0.163 e. The van der Waals surface area contributed by atoms with E-state index >= 15 is 0 Å². The van der Waals surface area contributed by atoms with Crippen LogP contribution >= 0.6 is 0 Å². The van der Waals surface area contributed by atoms with Gasteiger partial charge in [-0.05, 0) is 23.6 Å². The quantitative estimate of drug-likeness (QED) is 0.679. The zero-order valence-corrected chi connectivity index (χ0v) is 9.72. The van der Waals surface area contributed by atoms with E-state index in [1.807, 2.05) is 12.2 Å². The van der Waals surface area contributed by atoms with Gasteiger partial charge in [-0.1, -0.05) is 18.7 Å². The molecule has 90 valence electrons. The third kappa shape index (κ3) is 2.40. The minimum atomic E-state index is -0.0567. The van der Waals surface area contributed by atoms with Crippen LogP contribution in [0.2, 0.25) is 0 Å². The number of allylic oxidation sites excluding steroid dienone is 4. The second-order valence-electron chi connectivity index (χ2n) is 4.82. The monoisotopic (exact) mass is 232 g/mol. The van der Waals surface area contributed by atoms with E-state index in [-0.39, 0.29) is 17.8 Å². The lowest BCUT2D eigenvalue weighted by atomic mass is 9.82. The fraction of sp³-hybridized carbons (Fsp3) is 0.500. The summed E-state index contributed by atoms with van der Waals surface area (Å²) < 4.78 is 10.5. The molecule has 17 heavy (non-hydrogen) atoms. The predicted molar refractivity (Wildman–Crippen MR) is 63.6 cm³/mol. The van der Waals surface area contributed by atoms with Crippen LogP contribution in [0.3, 0.4) is 0 Å². The van der Waals surface area contributed by atoms with Crippen LogP contribution in [0, 0.1) is 5.92 Å². The molecule has 2 aliphatic heterocycles. The number of ether oxygens (including phenoxy) is 2. The third-order valence-electron chi connectivity index (χ3n) is 3.51. The van der Waals surface area contributed by atoms with Gasteiger partial charge in [0, 0.05) is 12.3 Å². The Bertz CT molecular complexity index is 411. The molecule has 1 aliphatic carbocycles. The molecule has 3 rings (SSSR count). The first-order valence-corrected chi connectivity index (χ1v) is 6.08. The summed E-state index contributed by atoms with van der Waals surface area (Å²) in [5.74, 6) is 0.120. The Hall–Kier alpha value is -1.19. The highest BCUT2D eigenvalue weighted by Crippen LogP contribution is 2.34. The van der Waals surface area contributed by atoms with E-state index in [1.165, 1.54) is 5.57 Å². The summed E-state index contributed by atoms with van der Waals surface area (Å²) in [6.45, 7) is 5.48. The van der Waals surface area contributed by atoms with Crippen molar-refractivity contribution >= 4 is 5.78 Å². The number of carbonyl (C=O) groups excluding carboxylic acids is 1. The van der Waals surface area contributed by atoms with Gasteiger partial charge in [0.05, 0.1) is 25.4 Å². The minimum Gasteiger partial charge on any atom is -0.373 e. The van der Waals surface area contributed by atoms with Crippen LogP contribution in [-0.2, 0) is 14.3 Å². The van der Waals surface area contributed by atoms with E-state index in [2.05, 4.69) is 6.58 Å². The third-order valence-corrected chi connectivity index (χ3v) is 3.51. The molecule has 3 aliphatic rings. The molecule has 3 atom stereocenters. The Morgan fingerprint density at radius 1 is 1.29 bits per heavy atom. The summed E-state index contributed by atoms with van der Waals surface area (Å²) in [4.78, 5) is 11.9. The number of hydrogen-bond donors (Lipinski definition) is 0. The van der Waals surface area contributed by atoms with Gasteiger partial charge in [-0.3, -0.25) is 4.79 Å². The highest BCUT2D eigenvalue weighted by molar-refractivity contribution is 5.96. The molecule has 3 unspecified atom stereocenters. The number of carbonyl (C=O) groups is 1. The van der Waals surface area contributed by atoms with Gasteiger partial charge in [-0.2, -0.15) is 0 Å². The molecule has 0 aromatic rings. The van der Waals surface area contributed by atoms with Crippen LogP contribution in [-0.4, -0.2) is 31.2 Å². The van der Waals surface area contributed by atoms with Crippen molar-refractivity contribution in [1.29, 1.82) is 0 Å². The molecular weight excluding hydrogens is 216 g/mol. The van der Waals surface area contributed by atoms with Crippen LogP contribution < -0.4 is 0 Å². The number of hydrogen-bond acceptors (Lipinski definition) is 3. The van der Waals surface area contributed by atoms with Crippen molar-refractivity contribution in [2.75, 3.05) is 13.2 Å². The van der Waals surface area contributed by atoms with E-state index in [0.29, 0.717) is 6.10 Å². The maximum atomic E-state index is 11.9. The Labute approximate surface area is 101 Å². The molecule has 2 saturated heterocycles. The molecule has 0 bridgehead atoms. The molecule has 2 fully saturated rings. The zero-order chi connectivity index (χ0) is 11.8. The van der Waals surface area contributed by atoms with Crippen LogP contribution in [0.25, 0.3) is 0 Å². The summed E-state index contributed by atoms with van der Waals surface area (Å²) in [5.41, 5.74) is 2.27. The van der Waals surface area contributed by atoms with Gasteiger partial charge in [0.2, 0.25) is 0 Å². The van der Waals surface area contributed by atoms with Crippen molar-refractivity contribution in [3.05, 3.63) is 36.0 Å². The van der Waals surface area contributed by atoms with Gasteiger partial charge in [0.25, 0.3) is 0 Å². The summed E-state index contributed by atoms with van der Waals surface area (Å²) in [7, 11) is 0. The zero-order valence-electron chi connectivity index (χ0n) is 9.72. The molecule has 3 nitrogen and oxygen atoms in total. The van der Waals surface area contributed by atoms with Crippen molar-refractivity contribution in [2.24, 2.45) is 5.92 Å². The fourth-order valence-electron chi connectivity index (χ4n) is 2.37. The first-order chi connectivity index (χ1) is 8.28. The average Bonchev–Trinajstić information content (AvgIpc) is 3.17. The van der Waals surface area contributed by atoms with Crippen molar-refractivity contribution in [2.45, 2.75) is 25.0 Å². The lowest BCUT2D eigenvalue weighted by molar-refractivity contribution is -0.117. The van der Waals surface area contributed by atoms with Crippen molar-refractivity contribution in [1.82, 2.24) is 0 Å². The lowest BCUT2D eigenvalue weighted by Gasteiger charge is -2.21. The predicted octanol–water partition coefficient (Wildman–Crippen LogP) is 1.80. The van der Waals surface area contributed by atoms with E-state index in [9.17, 15) is 4.79 Å². The Kier molecular flexibility index (Phi) is 2.73. The van der Waals surface area contributed by atoms with Gasteiger partial charge in [-0.15, -0.1) is 0 Å². The molecule has 0 radical (unpaired) electrons. The topological polar surface area (TPSA) is 42.1 Å². The average molecular weight is 232 g/mol. The van der Waals surface area contributed by atoms with Crippen LogP contribution in [0.15, 0.2) is 36.0 Å². The van der Waals surface area contributed by atoms with Crippen molar-refractivity contribution in [3.63, 3.8) is 0 Å². The van der Waals surface area contributed by atoms with E-state index in [0.717, 1.165) is 31.6 Å². The van der Waals surface area contributed by atoms with Gasteiger partial charge in [0.15, 0.2) is 5.78 Å². The molecule has 0 aromatic carbocycles. The highest BCUT2D eigenvalue weighted by atomic mass is 16.6. The Morgan fingerprint density at radius 2 is 2.00 bits per heavy atom. The van der Waals surface area contributed by atoms with Gasteiger partial charge >= 0.3 is 0 Å². The fourth-order valence-corrected chi connectivity index (χ4v) is 2.37. The minimum absolute atomic E-state index is 0.0567. The first-order valence-electron chi connectivity index (χ1n) is 6.08. The van der Waals surface area contributed by atoms with Crippen molar-refractivity contribution < 1.29 is 14.3 Å².